The van der Waals surface area contributed by atoms with E-state index in [0.717, 1.165) is 15.8 Å². The van der Waals surface area contributed by atoms with Crippen LogP contribution >= 0.6 is 34.9 Å². The van der Waals surface area contributed by atoms with Gasteiger partial charge in [-0.25, -0.2) is 0 Å². The number of carbonyl (C=O) groups excluding carboxylic acids is 1. The minimum absolute atomic E-state index is 0.160. The van der Waals surface area contributed by atoms with Crippen molar-refractivity contribution < 1.29 is 4.79 Å². The zero-order valence-electron chi connectivity index (χ0n) is 16.1. The number of nitrogens with zero attached hydrogens (tertiary/aromatic N) is 2. The smallest absolute Gasteiger partial charge is 0.252 e. The predicted molar refractivity (Wildman–Crippen MR) is 122 cm³/mol. The molecule has 1 aromatic heterocycles. The Labute approximate surface area is 178 Å². The van der Waals surface area contributed by atoms with Crippen LogP contribution in [0.2, 0.25) is 0 Å². The van der Waals surface area contributed by atoms with Gasteiger partial charge in [0.15, 0.2) is 4.80 Å². The van der Waals surface area contributed by atoms with Crippen molar-refractivity contribution in [3.8, 4) is 12.3 Å². The Morgan fingerprint density at radius 3 is 2.57 bits per heavy atom. The number of hydrogen-bond donors (Lipinski definition) is 0. The first-order valence-corrected chi connectivity index (χ1v) is 11.9. The highest BCUT2D eigenvalue weighted by atomic mass is 32.2. The van der Waals surface area contributed by atoms with E-state index in [1.807, 2.05) is 40.8 Å². The molecule has 0 radical (unpaired) electrons. The molecule has 0 N–H and O–H groups in total. The van der Waals surface area contributed by atoms with Gasteiger partial charge in [0.05, 0.1) is 23.2 Å². The van der Waals surface area contributed by atoms with Crippen molar-refractivity contribution in [3.05, 3.63) is 52.8 Å². The maximum absolute atomic E-state index is 12.6. The van der Waals surface area contributed by atoms with E-state index < -0.39 is 0 Å². The molecule has 6 heteroatoms. The molecule has 0 bridgehead atoms. The molecule has 1 heterocycles. The fourth-order valence-electron chi connectivity index (χ4n) is 2.79. The van der Waals surface area contributed by atoms with Gasteiger partial charge in [0.1, 0.15) is 0 Å². The molecule has 0 aliphatic carbocycles. The summed E-state index contributed by atoms with van der Waals surface area (Å²) in [6.45, 7) is 4.73. The normalized spacial score (nSPS) is 11.9. The van der Waals surface area contributed by atoms with E-state index in [2.05, 4.69) is 49.0 Å². The lowest BCUT2D eigenvalue weighted by Gasteiger charge is -2.05. The summed E-state index contributed by atoms with van der Waals surface area (Å²) in [6.07, 6.45) is 7.87. The maximum Gasteiger partial charge on any atom is 0.252 e. The Balaban J connectivity index is 1.87. The fraction of sp³-hybridized carbons (Fsp3) is 0.273. The van der Waals surface area contributed by atoms with Crippen molar-refractivity contribution in [2.24, 2.45) is 4.99 Å². The predicted octanol–water partition coefficient (Wildman–Crippen LogP) is 5.23. The molecule has 0 saturated heterocycles. The second kappa shape index (κ2) is 9.51. The average Bonchev–Trinajstić information content (AvgIpc) is 2.99. The SMILES string of the molecule is C#CCn1c(=NC(=O)Cc2ccc(SC(C)C)cc2)sc2cc(SC)ccc21. The largest absolute Gasteiger partial charge is 0.305 e. The van der Waals surface area contributed by atoms with Crippen LogP contribution in [0, 0.1) is 12.3 Å². The molecule has 144 valence electrons. The summed E-state index contributed by atoms with van der Waals surface area (Å²) in [7, 11) is 0. The van der Waals surface area contributed by atoms with Gasteiger partial charge in [-0.2, -0.15) is 4.99 Å². The molecule has 0 spiro atoms. The van der Waals surface area contributed by atoms with E-state index >= 15 is 0 Å². The number of thiazole rings is 1. The number of terminal acetylenes is 1. The monoisotopic (exact) mass is 426 g/mol. The zero-order valence-corrected chi connectivity index (χ0v) is 18.6. The van der Waals surface area contributed by atoms with E-state index in [1.165, 1.54) is 21.1 Å². The van der Waals surface area contributed by atoms with Crippen LogP contribution in [0.15, 0.2) is 57.2 Å². The third-order valence-electron chi connectivity index (χ3n) is 4.01. The summed E-state index contributed by atoms with van der Waals surface area (Å²) >= 11 is 5.01. The lowest BCUT2D eigenvalue weighted by Crippen LogP contribution is -2.17. The molecule has 28 heavy (non-hydrogen) atoms. The molecule has 3 rings (SSSR count). The first-order valence-electron chi connectivity index (χ1n) is 8.94. The van der Waals surface area contributed by atoms with Gasteiger partial charge in [0.2, 0.25) is 0 Å². The molecule has 0 aliphatic rings. The molecule has 3 nitrogen and oxygen atoms in total. The standard InChI is InChI=1S/C22H22N2OS3/c1-5-12-24-19-11-10-18(26-4)14-20(19)28-22(24)23-21(25)13-16-6-8-17(9-7-16)27-15(2)3/h1,6-11,14-15H,12-13H2,2-4H3. The third kappa shape index (κ3) is 5.11. The van der Waals surface area contributed by atoms with E-state index in [0.29, 0.717) is 16.6 Å². The van der Waals surface area contributed by atoms with Gasteiger partial charge in [0.25, 0.3) is 5.91 Å². The maximum atomic E-state index is 12.6. The molecule has 2 aromatic carbocycles. The van der Waals surface area contributed by atoms with Gasteiger partial charge >= 0.3 is 0 Å². The van der Waals surface area contributed by atoms with Crippen molar-refractivity contribution in [1.29, 1.82) is 0 Å². The van der Waals surface area contributed by atoms with Gasteiger partial charge in [-0.1, -0.05) is 43.2 Å². The number of carbonyl (C=O) groups is 1. The Bertz CT molecular complexity index is 1090. The Hall–Kier alpha value is -1.94. The van der Waals surface area contributed by atoms with E-state index in [-0.39, 0.29) is 12.3 Å². The van der Waals surface area contributed by atoms with Crippen LogP contribution in [-0.2, 0) is 17.8 Å². The van der Waals surface area contributed by atoms with E-state index in [4.69, 9.17) is 6.42 Å². The van der Waals surface area contributed by atoms with Crippen molar-refractivity contribution in [1.82, 2.24) is 4.57 Å². The quantitative estimate of drug-likeness (QED) is 0.400. The molecule has 0 aliphatic heterocycles. The number of thioether (sulfide) groups is 2. The average molecular weight is 427 g/mol. The number of benzene rings is 2. The van der Waals surface area contributed by atoms with Gasteiger partial charge in [-0.05, 0) is 42.2 Å². The first-order chi connectivity index (χ1) is 13.5. The van der Waals surface area contributed by atoms with Gasteiger partial charge in [0, 0.05) is 15.0 Å². The minimum Gasteiger partial charge on any atom is -0.305 e. The van der Waals surface area contributed by atoms with Crippen LogP contribution in [0.4, 0.5) is 0 Å². The molecule has 0 unspecified atom stereocenters. The van der Waals surface area contributed by atoms with Crippen molar-refractivity contribution in [2.45, 2.75) is 41.9 Å². The lowest BCUT2D eigenvalue weighted by atomic mass is 10.1. The molecule has 3 aromatic rings. The molecule has 0 saturated carbocycles. The summed E-state index contributed by atoms with van der Waals surface area (Å²) < 4.78 is 3.02. The van der Waals surface area contributed by atoms with Crippen molar-refractivity contribution in [2.75, 3.05) is 6.26 Å². The molecule has 1 amide bonds. The highest BCUT2D eigenvalue weighted by Gasteiger charge is 2.09. The Kier molecular flexibility index (Phi) is 7.06. The second-order valence-electron chi connectivity index (χ2n) is 6.50. The summed E-state index contributed by atoms with van der Waals surface area (Å²) in [5, 5.41) is 0.536. The lowest BCUT2D eigenvalue weighted by molar-refractivity contribution is -0.117. The number of hydrogen-bond acceptors (Lipinski definition) is 4. The fourth-order valence-corrected chi connectivity index (χ4v) is 5.23. The Morgan fingerprint density at radius 2 is 1.93 bits per heavy atom. The number of rotatable bonds is 6. The number of fused-ring (bicyclic) bond motifs is 1. The Morgan fingerprint density at radius 1 is 1.21 bits per heavy atom. The minimum atomic E-state index is -0.160. The van der Waals surface area contributed by atoms with Crippen LogP contribution in [0.5, 0.6) is 0 Å². The zero-order chi connectivity index (χ0) is 20.1. The number of amides is 1. The van der Waals surface area contributed by atoms with Gasteiger partial charge in [-0.15, -0.1) is 29.9 Å². The van der Waals surface area contributed by atoms with Gasteiger partial charge in [-0.3, -0.25) is 4.79 Å². The van der Waals surface area contributed by atoms with Crippen molar-refractivity contribution in [3.63, 3.8) is 0 Å². The summed E-state index contributed by atoms with van der Waals surface area (Å²) in [5.74, 6) is 2.51. The van der Waals surface area contributed by atoms with Crippen LogP contribution in [0.25, 0.3) is 10.2 Å². The van der Waals surface area contributed by atoms with E-state index in [1.54, 1.807) is 11.8 Å². The van der Waals surface area contributed by atoms with Crippen LogP contribution in [0.3, 0.4) is 0 Å². The summed E-state index contributed by atoms with van der Waals surface area (Å²) in [5.41, 5.74) is 1.98. The summed E-state index contributed by atoms with van der Waals surface area (Å²) in [4.78, 5) is 20.0. The second-order valence-corrected chi connectivity index (χ2v) is 10.0. The van der Waals surface area contributed by atoms with Crippen LogP contribution in [-0.4, -0.2) is 22.0 Å². The molecule has 0 fully saturated rings. The molecular weight excluding hydrogens is 404 g/mol. The van der Waals surface area contributed by atoms with Crippen LogP contribution < -0.4 is 4.80 Å². The van der Waals surface area contributed by atoms with Gasteiger partial charge < -0.3 is 4.57 Å². The van der Waals surface area contributed by atoms with Crippen molar-refractivity contribution >= 4 is 51.0 Å². The highest BCUT2D eigenvalue weighted by Crippen LogP contribution is 2.24. The summed E-state index contributed by atoms with van der Waals surface area (Å²) in [6, 6.07) is 14.4. The topological polar surface area (TPSA) is 34.4 Å². The highest BCUT2D eigenvalue weighted by molar-refractivity contribution is 8.00. The first kappa shape index (κ1) is 20.8. The molecule has 0 atom stereocenters. The third-order valence-corrected chi connectivity index (χ3v) is 6.79. The van der Waals surface area contributed by atoms with E-state index in [9.17, 15) is 4.79 Å². The molecular formula is C22H22N2OS3. The van der Waals surface area contributed by atoms with Crippen LogP contribution in [0.1, 0.15) is 19.4 Å². The number of aromatic nitrogens is 1.